The first-order valence-electron chi connectivity index (χ1n) is 10.6. The Balaban J connectivity index is 2.00. The van der Waals surface area contributed by atoms with Crippen LogP contribution in [-0.2, 0) is 11.3 Å². The second-order valence-corrected chi connectivity index (χ2v) is 8.97. The van der Waals surface area contributed by atoms with Crippen LogP contribution in [0.3, 0.4) is 0 Å². The third-order valence-electron chi connectivity index (χ3n) is 5.57. The van der Waals surface area contributed by atoms with E-state index in [4.69, 9.17) is 27.9 Å². The van der Waals surface area contributed by atoms with E-state index in [0.717, 1.165) is 5.56 Å². The number of ether oxygens (including phenoxy) is 1. The maximum Gasteiger partial charge on any atom is 0.321 e. The van der Waals surface area contributed by atoms with Crippen molar-refractivity contribution >= 4 is 34.9 Å². The van der Waals surface area contributed by atoms with Crippen LogP contribution in [0.5, 0.6) is 0 Å². The Morgan fingerprint density at radius 1 is 1.09 bits per heavy atom. The highest BCUT2D eigenvalue weighted by atomic mass is 35.5. The van der Waals surface area contributed by atoms with E-state index in [-0.39, 0.29) is 30.7 Å². The molecule has 2 aromatic carbocycles. The van der Waals surface area contributed by atoms with Gasteiger partial charge in [0.05, 0.1) is 12.7 Å². The molecule has 0 aliphatic heterocycles. The van der Waals surface area contributed by atoms with Gasteiger partial charge in [0.25, 0.3) is 0 Å². The van der Waals surface area contributed by atoms with Crippen molar-refractivity contribution in [3.8, 4) is 0 Å². The van der Waals surface area contributed by atoms with Crippen LogP contribution in [0.15, 0.2) is 48.5 Å². The van der Waals surface area contributed by atoms with E-state index in [1.807, 2.05) is 31.2 Å². The average Bonchev–Trinajstić information content (AvgIpc) is 2.78. The van der Waals surface area contributed by atoms with Crippen molar-refractivity contribution in [2.24, 2.45) is 5.92 Å². The number of likely N-dealkylation sites (N-methyl/N-ethyl adjacent to an activating group) is 1. The minimum atomic E-state index is -0.224. The highest BCUT2D eigenvalue weighted by molar-refractivity contribution is 6.31. The molecular formula is C24H33Cl2N3O3. The number of nitrogens with one attached hydrogen (secondary N) is 1. The zero-order valence-corrected chi connectivity index (χ0v) is 20.6. The lowest BCUT2D eigenvalue weighted by Gasteiger charge is -2.34. The van der Waals surface area contributed by atoms with Crippen LogP contribution >= 0.6 is 23.2 Å². The topological polar surface area (TPSA) is 65.0 Å². The summed E-state index contributed by atoms with van der Waals surface area (Å²) in [5.74, 6) is 0.0993. The number of anilines is 1. The zero-order chi connectivity index (χ0) is 23.7. The number of nitrogens with zero attached hydrogens (tertiary/aromatic N) is 2. The molecule has 0 radical (unpaired) electrons. The fraction of sp³-hybridized carbons (Fsp3) is 0.458. The Bertz CT molecular complexity index is 851. The van der Waals surface area contributed by atoms with Crippen molar-refractivity contribution < 1.29 is 14.6 Å². The molecule has 6 nitrogen and oxygen atoms in total. The molecule has 3 atom stereocenters. The molecule has 0 fully saturated rings. The number of benzene rings is 2. The Hall–Kier alpha value is -1.83. The molecule has 8 heteroatoms. The fourth-order valence-electron chi connectivity index (χ4n) is 3.44. The number of amides is 2. The van der Waals surface area contributed by atoms with Gasteiger partial charge in [0.15, 0.2) is 0 Å². The van der Waals surface area contributed by atoms with Crippen LogP contribution in [0.1, 0.15) is 19.4 Å². The third kappa shape index (κ3) is 7.94. The maximum atomic E-state index is 12.6. The normalized spacial score (nSPS) is 14.1. The lowest BCUT2D eigenvalue weighted by molar-refractivity contribution is 0.0154. The number of hydrogen-bond acceptors (Lipinski definition) is 4. The van der Waals surface area contributed by atoms with E-state index in [9.17, 15) is 9.90 Å². The molecule has 176 valence electrons. The predicted octanol–water partition coefficient (Wildman–Crippen LogP) is 4.99. The first-order valence-corrected chi connectivity index (χ1v) is 11.4. The van der Waals surface area contributed by atoms with Gasteiger partial charge >= 0.3 is 6.03 Å². The minimum Gasteiger partial charge on any atom is -0.395 e. The summed E-state index contributed by atoms with van der Waals surface area (Å²) in [5, 5.41) is 13.9. The molecule has 0 unspecified atom stereocenters. The van der Waals surface area contributed by atoms with Crippen LogP contribution in [0.4, 0.5) is 10.5 Å². The van der Waals surface area contributed by atoms with Crippen molar-refractivity contribution in [2.45, 2.75) is 32.5 Å². The van der Waals surface area contributed by atoms with E-state index < -0.39 is 0 Å². The van der Waals surface area contributed by atoms with Crippen molar-refractivity contribution in [1.29, 1.82) is 0 Å². The van der Waals surface area contributed by atoms with Crippen molar-refractivity contribution in [2.75, 3.05) is 39.2 Å². The summed E-state index contributed by atoms with van der Waals surface area (Å²) in [6.07, 6.45) is -0.185. The highest BCUT2D eigenvalue weighted by Crippen LogP contribution is 2.21. The van der Waals surface area contributed by atoms with Crippen LogP contribution in [0.25, 0.3) is 0 Å². The summed E-state index contributed by atoms with van der Waals surface area (Å²) in [7, 11) is 3.39. The molecule has 0 heterocycles. The van der Waals surface area contributed by atoms with Gasteiger partial charge in [-0.1, -0.05) is 48.3 Å². The molecule has 0 saturated heterocycles. The van der Waals surface area contributed by atoms with Crippen molar-refractivity contribution in [1.82, 2.24) is 9.80 Å². The van der Waals surface area contributed by atoms with Gasteiger partial charge in [0.2, 0.25) is 0 Å². The zero-order valence-electron chi connectivity index (χ0n) is 19.1. The molecule has 32 heavy (non-hydrogen) atoms. The monoisotopic (exact) mass is 481 g/mol. The summed E-state index contributed by atoms with van der Waals surface area (Å²) < 4.78 is 5.73. The molecule has 0 bridgehead atoms. The first-order chi connectivity index (χ1) is 15.2. The molecule has 2 rings (SSSR count). The predicted molar refractivity (Wildman–Crippen MR) is 131 cm³/mol. The standard InChI is InChI=1S/C24H33Cl2N3O3/c1-17(13-29(18(2)16-30)14-19-7-5-6-8-22(19)26)23(32-4)15-28(3)24(31)27-21-11-9-20(25)10-12-21/h5-12,17-18,23,30H,13-16H2,1-4H3,(H,27,31)/t17-,18+,23+/m0/s1. The number of methoxy groups -OCH3 is 1. The Labute approximate surface area is 201 Å². The summed E-state index contributed by atoms with van der Waals surface area (Å²) in [6, 6.07) is 14.4. The summed E-state index contributed by atoms with van der Waals surface area (Å²) in [5.41, 5.74) is 1.69. The molecular weight excluding hydrogens is 449 g/mol. The van der Waals surface area contributed by atoms with E-state index in [2.05, 4.69) is 17.1 Å². The highest BCUT2D eigenvalue weighted by Gasteiger charge is 2.25. The quantitative estimate of drug-likeness (QED) is 0.474. The molecule has 0 aromatic heterocycles. The number of rotatable bonds is 11. The van der Waals surface area contributed by atoms with Crippen LogP contribution in [0.2, 0.25) is 10.0 Å². The first kappa shape index (κ1) is 26.4. The van der Waals surface area contributed by atoms with Gasteiger partial charge in [-0.3, -0.25) is 4.90 Å². The van der Waals surface area contributed by atoms with Gasteiger partial charge < -0.3 is 20.1 Å². The number of carbonyl (C=O) groups excluding carboxylic acids is 1. The summed E-state index contributed by atoms with van der Waals surface area (Å²) >= 11 is 12.2. The lowest BCUT2D eigenvalue weighted by atomic mass is 10.0. The fourth-order valence-corrected chi connectivity index (χ4v) is 3.76. The van der Waals surface area contributed by atoms with E-state index in [1.165, 1.54) is 0 Å². The van der Waals surface area contributed by atoms with Crippen LogP contribution < -0.4 is 5.32 Å². The summed E-state index contributed by atoms with van der Waals surface area (Å²) in [6.45, 7) is 5.83. The van der Waals surface area contributed by atoms with Gasteiger partial charge in [-0.25, -0.2) is 4.79 Å². The molecule has 0 saturated carbocycles. The average molecular weight is 482 g/mol. The Morgan fingerprint density at radius 2 is 1.75 bits per heavy atom. The summed E-state index contributed by atoms with van der Waals surface area (Å²) in [4.78, 5) is 16.4. The molecule has 0 aliphatic carbocycles. The second kappa shape index (κ2) is 13.0. The molecule has 0 aliphatic rings. The molecule has 2 aromatic rings. The number of aliphatic hydroxyl groups excluding tert-OH is 1. The van der Waals surface area contributed by atoms with Gasteiger partial charge in [0.1, 0.15) is 0 Å². The molecule has 0 spiro atoms. The van der Waals surface area contributed by atoms with Gasteiger partial charge in [0, 0.05) is 55.6 Å². The Kier molecular flexibility index (Phi) is 10.7. The Morgan fingerprint density at radius 3 is 2.34 bits per heavy atom. The minimum absolute atomic E-state index is 0.0399. The van der Waals surface area contributed by atoms with Crippen molar-refractivity contribution in [3.63, 3.8) is 0 Å². The van der Waals surface area contributed by atoms with E-state index in [1.54, 1.807) is 43.3 Å². The molecule has 2 amide bonds. The number of hydrogen-bond donors (Lipinski definition) is 2. The number of halogens is 2. The third-order valence-corrected chi connectivity index (χ3v) is 6.20. The van der Waals surface area contributed by atoms with Crippen LogP contribution in [-0.4, -0.2) is 66.9 Å². The van der Waals surface area contributed by atoms with E-state index in [0.29, 0.717) is 35.4 Å². The van der Waals surface area contributed by atoms with Gasteiger partial charge in [-0.15, -0.1) is 0 Å². The van der Waals surface area contributed by atoms with Crippen molar-refractivity contribution in [3.05, 3.63) is 64.1 Å². The van der Waals surface area contributed by atoms with Gasteiger partial charge in [-0.05, 0) is 48.7 Å². The largest absolute Gasteiger partial charge is 0.395 e. The number of aliphatic hydroxyl groups is 1. The number of carbonyl (C=O) groups is 1. The van der Waals surface area contributed by atoms with Crippen LogP contribution in [0, 0.1) is 5.92 Å². The lowest BCUT2D eigenvalue weighted by Crippen LogP contribution is -2.45. The maximum absolute atomic E-state index is 12.6. The second-order valence-electron chi connectivity index (χ2n) is 8.12. The van der Waals surface area contributed by atoms with Gasteiger partial charge in [-0.2, -0.15) is 0 Å². The van der Waals surface area contributed by atoms with E-state index >= 15 is 0 Å². The smallest absolute Gasteiger partial charge is 0.321 e. The number of urea groups is 1. The molecule has 2 N–H and O–H groups in total. The SMILES string of the molecule is CO[C@H](CN(C)C(=O)Nc1ccc(Cl)cc1)[C@@H](C)CN(Cc1ccccc1Cl)[C@H](C)CO.